The number of amides is 2. The summed E-state index contributed by atoms with van der Waals surface area (Å²) in [6.07, 6.45) is 2.89. The van der Waals surface area contributed by atoms with Crippen molar-refractivity contribution in [3.8, 4) is 11.5 Å². The van der Waals surface area contributed by atoms with Crippen LogP contribution in [0.15, 0.2) is 76.4 Å². The first-order valence-corrected chi connectivity index (χ1v) is 9.14. The summed E-state index contributed by atoms with van der Waals surface area (Å²) in [6.45, 7) is 0.526. The van der Waals surface area contributed by atoms with E-state index >= 15 is 0 Å². The topological polar surface area (TPSA) is 102 Å². The van der Waals surface area contributed by atoms with Crippen LogP contribution in [-0.2, 0) is 22.7 Å². The van der Waals surface area contributed by atoms with Crippen LogP contribution in [0.3, 0.4) is 0 Å². The van der Waals surface area contributed by atoms with Gasteiger partial charge in [-0.2, -0.15) is 5.10 Å². The van der Waals surface area contributed by atoms with Gasteiger partial charge in [0.25, 0.3) is 0 Å². The molecule has 0 aliphatic carbocycles. The van der Waals surface area contributed by atoms with Crippen molar-refractivity contribution in [2.45, 2.75) is 13.2 Å². The zero-order chi connectivity index (χ0) is 21.2. The van der Waals surface area contributed by atoms with Crippen LogP contribution in [0.2, 0.25) is 0 Å². The van der Waals surface area contributed by atoms with Crippen LogP contribution in [0, 0.1) is 0 Å². The largest absolute Gasteiger partial charge is 0.493 e. The summed E-state index contributed by atoms with van der Waals surface area (Å²) in [7, 11) is 1.54. The molecule has 8 heteroatoms. The summed E-state index contributed by atoms with van der Waals surface area (Å²) in [5.74, 6) is -0.0445. The zero-order valence-electron chi connectivity index (χ0n) is 16.3. The van der Waals surface area contributed by atoms with E-state index in [2.05, 4.69) is 15.8 Å². The van der Waals surface area contributed by atoms with Crippen molar-refractivity contribution in [3.05, 3.63) is 83.8 Å². The highest BCUT2D eigenvalue weighted by molar-refractivity contribution is 6.35. The maximum atomic E-state index is 11.8. The van der Waals surface area contributed by atoms with Crippen molar-refractivity contribution in [2.24, 2.45) is 5.10 Å². The molecule has 0 aliphatic rings. The maximum Gasteiger partial charge on any atom is 0.329 e. The van der Waals surface area contributed by atoms with Crippen molar-refractivity contribution < 1.29 is 23.5 Å². The molecule has 0 saturated heterocycles. The van der Waals surface area contributed by atoms with E-state index in [1.54, 1.807) is 30.3 Å². The van der Waals surface area contributed by atoms with Gasteiger partial charge < -0.3 is 19.2 Å². The lowest BCUT2D eigenvalue weighted by atomic mass is 10.2. The lowest BCUT2D eigenvalue weighted by Gasteiger charge is -2.11. The van der Waals surface area contributed by atoms with E-state index in [0.717, 1.165) is 5.56 Å². The third kappa shape index (κ3) is 5.96. The summed E-state index contributed by atoms with van der Waals surface area (Å²) in [4.78, 5) is 23.5. The van der Waals surface area contributed by atoms with Gasteiger partial charge in [-0.1, -0.05) is 30.3 Å². The fourth-order valence-electron chi connectivity index (χ4n) is 2.50. The summed E-state index contributed by atoms with van der Waals surface area (Å²) in [6, 6.07) is 18.4. The standard InChI is InChI=1S/C22H21N3O5/c1-28-20-12-17(9-10-19(20)30-15-16-6-3-2-4-7-16)13-24-25-22(27)21(26)23-14-18-8-5-11-29-18/h2-13H,14-15H2,1H3,(H,23,26)(H,25,27)/b24-13-. The van der Waals surface area contributed by atoms with Crippen LogP contribution in [0.4, 0.5) is 0 Å². The minimum Gasteiger partial charge on any atom is -0.493 e. The van der Waals surface area contributed by atoms with Crippen LogP contribution in [0.5, 0.6) is 11.5 Å². The van der Waals surface area contributed by atoms with E-state index < -0.39 is 11.8 Å². The van der Waals surface area contributed by atoms with Crippen LogP contribution < -0.4 is 20.2 Å². The van der Waals surface area contributed by atoms with Gasteiger partial charge in [0.1, 0.15) is 12.4 Å². The molecule has 3 rings (SSSR count). The fraction of sp³-hybridized carbons (Fsp3) is 0.136. The Bertz CT molecular complexity index is 1000. The first-order valence-electron chi connectivity index (χ1n) is 9.14. The number of methoxy groups -OCH3 is 1. The number of hydrazone groups is 1. The summed E-state index contributed by atoms with van der Waals surface area (Å²) < 4.78 is 16.2. The number of furan rings is 1. The van der Waals surface area contributed by atoms with E-state index in [4.69, 9.17) is 13.9 Å². The lowest BCUT2D eigenvalue weighted by Crippen LogP contribution is -2.37. The Kier molecular flexibility index (Phi) is 7.21. The first-order chi connectivity index (χ1) is 14.7. The molecule has 2 N–H and O–H groups in total. The molecule has 0 fully saturated rings. The predicted molar refractivity (Wildman–Crippen MR) is 110 cm³/mol. The molecule has 2 amide bonds. The number of benzene rings is 2. The second kappa shape index (κ2) is 10.5. The van der Waals surface area contributed by atoms with Gasteiger partial charge in [-0.15, -0.1) is 0 Å². The van der Waals surface area contributed by atoms with E-state index in [1.807, 2.05) is 30.3 Å². The van der Waals surface area contributed by atoms with Gasteiger partial charge in [0.15, 0.2) is 11.5 Å². The smallest absolute Gasteiger partial charge is 0.329 e. The highest BCUT2D eigenvalue weighted by atomic mass is 16.5. The van der Waals surface area contributed by atoms with Gasteiger partial charge in [0.05, 0.1) is 26.1 Å². The third-order valence-corrected chi connectivity index (χ3v) is 4.01. The number of carbonyl (C=O) groups is 2. The molecule has 2 aromatic carbocycles. The van der Waals surface area contributed by atoms with Gasteiger partial charge in [-0.25, -0.2) is 5.43 Å². The molecule has 1 heterocycles. The average Bonchev–Trinajstić information content (AvgIpc) is 3.30. The molecule has 0 atom stereocenters. The second-order valence-electron chi connectivity index (χ2n) is 6.15. The molecule has 0 bridgehead atoms. The number of hydrogen-bond acceptors (Lipinski definition) is 6. The Morgan fingerprint density at radius 3 is 2.60 bits per heavy atom. The fourth-order valence-corrected chi connectivity index (χ4v) is 2.50. The number of nitrogens with zero attached hydrogens (tertiary/aromatic N) is 1. The highest BCUT2D eigenvalue weighted by Crippen LogP contribution is 2.28. The molecule has 0 spiro atoms. The summed E-state index contributed by atoms with van der Waals surface area (Å²) in [5, 5.41) is 6.23. The van der Waals surface area contributed by atoms with Crippen molar-refractivity contribution in [2.75, 3.05) is 7.11 Å². The average molecular weight is 407 g/mol. The molecular formula is C22H21N3O5. The number of hydrogen-bond donors (Lipinski definition) is 2. The third-order valence-electron chi connectivity index (χ3n) is 4.01. The van der Waals surface area contributed by atoms with Gasteiger partial charge >= 0.3 is 11.8 Å². The Labute approximate surface area is 173 Å². The quantitative estimate of drug-likeness (QED) is 0.340. The first kappa shape index (κ1) is 20.7. The normalized spacial score (nSPS) is 10.6. The Morgan fingerprint density at radius 1 is 1.03 bits per heavy atom. The SMILES string of the molecule is COc1cc(/C=N\NC(=O)C(=O)NCc2ccco2)ccc1OCc1ccccc1. The van der Waals surface area contributed by atoms with Crippen LogP contribution in [0.1, 0.15) is 16.9 Å². The Balaban J connectivity index is 1.52. The number of nitrogens with one attached hydrogen (secondary N) is 2. The Morgan fingerprint density at radius 2 is 1.87 bits per heavy atom. The molecule has 0 radical (unpaired) electrons. The highest BCUT2D eigenvalue weighted by Gasteiger charge is 2.12. The lowest BCUT2D eigenvalue weighted by molar-refractivity contribution is -0.139. The van der Waals surface area contributed by atoms with Gasteiger partial charge in [0, 0.05) is 0 Å². The molecule has 0 aliphatic heterocycles. The van der Waals surface area contributed by atoms with E-state index in [1.165, 1.54) is 19.6 Å². The minimum atomic E-state index is -0.882. The summed E-state index contributed by atoms with van der Waals surface area (Å²) >= 11 is 0. The molecule has 0 unspecified atom stereocenters. The number of carbonyl (C=O) groups excluding carboxylic acids is 2. The maximum absolute atomic E-state index is 11.8. The van der Waals surface area contributed by atoms with E-state index in [9.17, 15) is 9.59 Å². The van der Waals surface area contributed by atoms with Gasteiger partial charge in [0.2, 0.25) is 0 Å². The van der Waals surface area contributed by atoms with Crippen LogP contribution >= 0.6 is 0 Å². The van der Waals surface area contributed by atoms with E-state index in [-0.39, 0.29) is 6.54 Å². The number of ether oxygens (including phenoxy) is 2. The Hall–Kier alpha value is -4.07. The molecule has 30 heavy (non-hydrogen) atoms. The van der Waals surface area contributed by atoms with Crippen molar-refractivity contribution in [1.29, 1.82) is 0 Å². The number of rotatable bonds is 8. The zero-order valence-corrected chi connectivity index (χ0v) is 16.3. The van der Waals surface area contributed by atoms with Crippen LogP contribution in [0.25, 0.3) is 0 Å². The minimum absolute atomic E-state index is 0.116. The predicted octanol–water partition coefficient (Wildman–Crippen LogP) is 2.63. The van der Waals surface area contributed by atoms with Crippen molar-refractivity contribution in [3.63, 3.8) is 0 Å². The molecular weight excluding hydrogens is 386 g/mol. The monoisotopic (exact) mass is 407 g/mol. The molecule has 3 aromatic rings. The molecule has 0 saturated carbocycles. The summed E-state index contributed by atoms with van der Waals surface area (Å²) in [5.41, 5.74) is 3.88. The molecule has 1 aromatic heterocycles. The van der Waals surface area contributed by atoms with E-state index in [0.29, 0.717) is 29.4 Å². The molecule has 8 nitrogen and oxygen atoms in total. The van der Waals surface area contributed by atoms with Gasteiger partial charge in [-0.05, 0) is 41.5 Å². The second-order valence-corrected chi connectivity index (χ2v) is 6.15. The van der Waals surface area contributed by atoms with Crippen molar-refractivity contribution in [1.82, 2.24) is 10.7 Å². The van der Waals surface area contributed by atoms with Crippen molar-refractivity contribution >= 4 is 18.0 Å². The molecule has 154 valence electrons. The van der Waals surface area contributed by atoms with Gasteiger partial charge in [-0.3, -0.25) is 9.59 Å². The van der Waals surface area contributed by atoms with Crippen LogP contribution in [-0.4, -0.2) is 25.1 Å².